The Hall–Kier alpha value is -0.840. The van der Waals surface area contributed by atoms with Gasteiger partial charge in [-0.2, -0.15) is 0 Å². The van der Waals surface area contributed by atoms with Crippen LogP contribution in [0.4, 0.5) is 5.82 Å². The number of nitrogens with one attached hydrogen (secondary N) is 1. The zero-order chi connectivity index (χ0) is 15.7. The fraction of sp³-hybridized carbons (Fsp3) is 0.688. The standard InChI is InChI=1S/C16H26ClN3O/c1-15(2,3)19-9-12-8-14(18-10-13(12)17)20-6-7-21-11-16(20,4)5/h8,10,19H,6-7,9,11H2,1-5H3. The lowest BCUT2D eigenvalue weighted by atomic mass is 10.0. The molecule has 2 heterocycles. The van der Waals surface area contributed by atoms with Crippen molar-refractivity contribution in [1.29, 1.82) is 0 Å². The van der Waals surface area contributed by atoms with Gasteiger partial charge in [-0.25, -0.2) is 4.98 Å². The second kappa shape index (κ2) is 6.11. The van der Waals surface area contributed by atoms with Crippen LogP contribution in [-0.4, -0.2) is 35.8 Å². The molecule has 4 nitrogen and oxygen atoms in total. The fourth-order valence-corrected chi connectivity index (χ4v) is 2.56. The molecule has 21 heavy (non-hydrogen) atoms. The van der Waals surface area contributed by atoms with E-state index in [0.29, 0.717) is 11.6 Å². The first-order valence-electron chi connectivity index (χ1n) is 7.44. The van der Waals surface area contributed by atoms with Crippen molar-refractivity contribution < 1.29 is 4.74 Å². The van der Waals surface area contributed by atoms with E-state index in [0.717, 1.165) is 31.1 Å². The highest BCUT2D eigenvalue weighted by Gasteiger charge is 2.31. The lowest BCUT2D eigenvalue weighted by Gasteiger charge is -2.43. The van der Waals surface area contributed by atoms with Crippen LogP contribution in [0.25, 0.3) is 0 Å². The van der Waals surface area contributed by atoms with E-state index in [1.165, 1.54) is 0 Å². The van der Waals surface area contributed by atoms with E-state index in [2.05, 4.69) is 55.9 Å². The van der Waals surface area contributed by atoms with E-state index >= 15 is 0 Å². The third-order valence-corrected chi connectivity index (χ3v) is 3.99. The minimum Gasteiger partial charge on any atom is -0.377 e. The molecule has 0 amide bonds. The largest absolute Gasteiger partial charge is 0.377 e. The number of hydrogen-bond donors (Lipinski definition) is 1. The molecule has 0 saturated carbocycles. The van der Waals surface area contributed by atoms with Crippen molar-refractivity contribution in [3.8, 4) is 0 Å². The molecule has 0 radical (unpaired) electrons. The lowest BCUT2D eigenvalue weighted by Crippen LogP contribution is -2.53. The summed E-state index contributed by atoms with van der Waals surface area (Å²) < 4.78 is 5.57. The Morgan fingerprint density at radius 1 is 1.43 bits per heavy atom. The number of nitrogens with zero attached hydrogens (tertiary/aromatic N) is 2. The molecular weight excluding hydrogens is 286 g/mol. The summed E-state index contributed by atoms with van der Waals surface area (Å²) in [6.07, 6.45) is 1.75. The van der Waals surface area contributed by atoms with Crippen molar-refractivity contribution >= 4 is 17.4 Å². The first kappa shape index (κ1) is 16.5. The van der Waals surface area contributed by atoms with Crippen molar-refractivity contribution in [1.82, 2.24) is 10.3 Å². The fourth-order valence-electron chi connectivity index (χ4n) is 2.39. The van der Waals surface area contributed by atoms with Crippen molar-refractivity contribution in [2.75, 3.05) is 24.7 Å². The molecule has 118 valence electrons. The number of halogens is 1. The number of pyridine rings is 1. The van der Waals surface area contributed by atoms with Crippen LogP contribution in [0.5, 0.6) is 0 Å². The topological polar surface area (TPSA) is 37.4 Å². The Morgan fingerprint density at radius 3 is 2.76 bits per heavy atom. The molecule has 1 saturated heterocycles. The maximum absolute atomic E-state index is 6.29. The maximum Gasteiger partial charge on any atom is 0.129 e. The van der Waals surface area contributed by atoms with Crippen LogP contribution in [0.15, 0.2) is 12.3 Å². The molecule has 5 heteroatoms. The van der Waals surface area contributed by atoms with E-state index in [9.17, 15) is 0 Å². The van der Waals surface area contributed by atoms with Gasteiger partial charge in [0.15, 0.2) is 0 Å². The average molecular weight is 312 g/mol. The van der Waals surface area contributed by atoms with E-state index in [4.69, 9.17) is 16.3 Å². The monoisotopic (exact) mass is 311 g/mol. The quantitative estimate of drug-likeness (QED) is 0.930. The number of aromatic nitrogens is 1. The highest BCUT2D eigenvalue weighted by Crippen LogP contribution is 2.28. The smallest absolute Gasteiger partial charge is 0.129 e. The van der Waals surface area contributed by atoms with Gasteiger partial charge < -0.3 is 15.0 Å². The van der Waals surface area contributed by atoms with Crippen molar-refractivity contribution in [2.24, 2.45) is 0 Å². The Morgan fingerprint density at radius 2 is 2.14 bits per heavy atom. The van der Waals surface area contributed by atoms with Gasteiger partial charge in [-0.15, -0.1) is 0 Å². The van der Waals surface area contributed by atoms with E-state index in [-0.39, 0.29) is 11.1 Å². The minimum atomic E-state index is -0.0478. The van der Waals surface area contributed by atoms with Gasteiger partial charge in [0.1, 0.15) is 5.82 Å². The van der Waals surface area contributed by atoms with Gasteiger partial charge in [0, 0.05) is 24.8 Å². The lowest BCUT2D eigenvalue weighted by molar-refractivity contribution is 0.0639. The number of anilines is 1. The Kier molecular flexibility index (Phi) is 4.81. The Bertz CT molecular complexity index is 497. The van der Waals surface area contributed by atoms with E-state index < -0.39 is 0 Å². The van der Waals surface area contributed by atoms with Crippen LogP contribution in [-0.2, 0) is 11.3 Å². The van der Waals surface area contributed by atoms with Crippen LogP contribution in [0.1, 0.15) is 40.2 Å². The zero-order valence-corrected chi connectivity index (χ0v) is 14.4. The van der Waals surface area contributed by atoms with Crippen molar-refractivity contribution in [3.05, 3.63) is 22.8 Å². The second-order valence-corrected chi connectivity index (χ2v) is 7.66. The molecule has 2 rings (SSSR count). The summed E-state index contributed by atoms with van der Waals surface area (Å²) in [5.41, 5.74) is 1.10. The van der Waals surface area contributed by atoms with Gasteiger partial charge in [0.25, 0.3) is 0 Å². The van der Waals surface area contributed by atoms with Crippen LogP contribution in [0, 0.1) is 0 Å². The van der Waals surface area contributed by atoms with Gasteiger partial charge >= 0.3 is 0 Å². The molecule has 1 aromatic rings. The highest BCUT2D eigenvalue weighted by molar-refractivity contribution is 6.31. The molecule has 0 aromatic carbocycles. The molecule has 1 aliphatic heterocycles. The summed E-state index contributed by atoms with van der Waals surface area (Å²) >= 11 is 6.29. The molecule has 1 aliphatic rings. The highest BCUT2D eigenvalue weighted by atomic mass is 35.5. The third kappa shape index (κ3) is 4.31. The summed E-state index contributed by atoms with van der Waals surface area (Å²) in [6, 6.07) is 2.09. The first-order valence-corrected chi connectivity index (χ1v) is 7.82. The Labute approximate surface area is 132 Å². The van der Waals surface area contributed by atoms with Crippen LogP contribution >= 0.6 is 11.6 Å². The predicted molar refractivity (Wildman–Crippen MR) is 88.1 cm³/mol. The summed E-state index contributed by atoms with van der Waals surface area (Å²) in [4.78, 5) is 6.81. The SMILES string of the molecule is CC(C)(C)NCc1cc(N2CCOCC2(C)C)ncc1Cl. The normalized spacial score (nSPS) is 18.9. The van der Waals surface area contributed by atoms with Crippen molar-refractivity contribution in [3.63, 3.8) is 0 Å². The van der Waals surface area contributed by atoms with Gasteiger partial charge in [-0.1, -0.05) is 11.6 Å². The van der Waals surface area contributed by atoms with Gasteiger partial charge in [-0.05, 0) is 46.2 Å². The maximum atomic E-state index is 6.29. The molecule has 1 fully saturated rings. The second-order valence-electron chi connectivity index (χ2n) is 7.25. The summed E-state index contributed by atoms with van der Waals surface area (Å²) in [6.45, 7) is 13.8. The molecule has 0 atom stereocenters. The summed E-state index contributed by atoms with van der Waals surface area (Å²) in [5.74, 6) is 0.971. The molecular formula is C16H26ClN3O. The van der Waals surface area contributed by atoms with Crippen LogP contribution < -0.4 is 10.2 Å². The number of hydrogen-bond acceptors (Lipinski definition) is 4. The number of rotatable bonds is 3. The van der Waals surface area contributed by atoms with E-state index in [1.807, 2.05) is 0 Å². The van der Waals surface area contributed by atoms with E-state index in [1.54, 1.807) is 6.20 Å². The van der Waals surface area contributed by atoms with Gasteiger partial charge in [0.2, 0.25) is 0 Å². The average Bonchev–Trinajstić information content (AvgIpc) is 2.37. The number of ether oxygens (including phenoxy) is 1. The van der Waals surface area contributed by atoms with Gasteiger partial charge in [0.05, 0.1) is 23.8 Å². The molecule has 0 bridgehead atoms. The predicted octanol–water partition coefficient (Wildman–Crippen LogP) is 3.24. The van der Waals surface area contributed by atoms with Crippen molar-refractivity contribution in [2.45, 2.75) is 52.2 Å². The van der Waals surface area contributed by atoms with Gasteiger partial charge in [-0.3, -0.25) is 0 Å². The molecule has 1 aromatic heterocycles. The molecule has 0 unspecified atom stereocenters. The molecule has 0 spiro atoms. The molecule has 0 aliphatic carbocycles. The third-order valence-electron chi connectivity index (χ3n) is 3.65. The number of morpholine rings is 1. The Balaban J connectivity index is 2.21. The summed E-state index contributed by atoms with van der Waals surface area (Å²) in [5, 5.41) is 4.18. The van der Waals surface area contributed by atoms with Crippen LogP contribution in [0.2, 0.25) is 5.02 Å². The van der Waals surface area contributed by atoms with Crippen LogP contribution in [0.3, 0.4) is 0 Å². The zero-order valence-electron chi connectivity index (χ0n) is 13.7. The minimum absolute atomic E-state index is 0.0478. The molecule has 1 N–H and O–H groups in total. The summed E-state index contributed by atoms with van der Waals surface area (Å²) in [7, 11) is 0. The first-order chi connectivity index (χ1) is 9.69.